The first-order valence-corrected chi connectivity index (χ1v) is 5.55. The third-order valence-electron chi connectivity index (χ3n) is 2.31. The molecule has 0 unspecified atom stereocenters. The molecule has 0 N–H and O–H groups in total. The summed E-state index contributed by atoms with van der Waals surface area (Å²) in [6, 6.07) is 21.7. The molecule has 4 heteroatoms. The molecular weight excluding hydrogens is 248 g/mol. The smallest absolute Gasteiger partial charge is 0.101 e. The van der Waals surface area contributed by atoms with Crippen LogP contribution in [0.5, 0.6) is 0 Å². The zero-order valence-corrected chi connectivity index (χ0v) is 10.4. The number of hydrogen-bond donors (Lipinski definition) is 0. The second-order valence-electron chi connectivity index (χ2n) is 3.55. The van der Waals surface area contributed by atoms with E-state index in [0.29, 0.717) is 0 Å². The van der Waals surface area contributed by atoms with Crippen molar-refractivity contribution in [1.82, 2.24) is 0 Å². The topological polar surface area (TPSA) is 95.2 Å². The van der Waals surface area contributed by atoms with Crippen LogP contribution in [0.3, 0.4) is 0 Å². The van der Waals surface area contributed by atoms with Gasteiger partial charge in [-0.15, -0.1) is 0 Å². The summed E-state index contributed by atoms with van der Waals surface area (Å²) < 4.78 is 0. The number of nitriles is 4. The van der Waals surface area contributed by atoms with Crippen molar-refractivity contribution >= 4 is 0 Å². The molecular formula is C16H8N4. The second kappa shape index (κ2) is 7.67. The summed E-state index contributed by atoms with van der Waals surface area (Å²) in [4.78, 5) is 0. The monoisotopic (exact) mass is 256 g/mol. The van der Waals surface area contributed by atoms with Crippen molar-refractivity contribution in [2.45, 2.75) is 0 Å². The third-order valence-corrected chi connectivity index (χ3v) is 2.31. The van der Waals surface area contributed by atoms with E-state index in [1.165, 1.54) is 12.1 Å². The van der Waals surface area contributed by atoms with E-state index < -0.39 is 0 Å². The Balaban J connectivity index is 0.000000276. The van der Waals surface area contributed by atoms with Crippen molar-refractivity contribution in [3.05, 3.63) is 70.8 Å². The molecule has 0 aliphatic heterocycles. The van der Waals surface area contributed by atoms with E-state index in [1.54, 1.807) is 24.3 Å². The highest BCUT2D eigenvalue weighted by atomic mass is 14.3. The maximum absolute atomic E-state index is 8.64. The van der Waals surface area contributed by atoms with Crippen molar-refractivity contribution in [2.75, 3.05) is 0 Å². The maximum Gasteiger partial charge on any atom is 0.101 e. The van der Waals surface area contributed by atoms with Gasteiger partial charge in [0, 0.05) is 0 Å². The molecule has 92 valence electrons. The summed E-state index contributed by atoms with van der Waals surface area (Å²) in [6.07, 6.45) is 0. The summed E-state index contributed by atoms with van der Waals surface area (Å²) in [5.41, 5.74) is 0.456. The fraction of sp³-hybridized carbons (Fsp3) is 0. The first-order chi connectivity index (χ1) is 9.76. The highest BCUT2D eigenvalue weighted by Crippen LogP contribution is 2.14. The Morgan fingerprint density at radius 1 is 0.450 bits per heavy atom. The van der Waals surface area contributed by atoms with E-state index in [2.05, 4.69) is 0 Å². The van der Waals surface area contributed by atoms with Crippen LogP contribution >= 0.6 is 0 Å². The largest absolute Gasteiger partial charge is 0.192 e. The Labute approximate surface area is 117 Å². The molecule has 4 nitrogen and oxygen atoms in total. The van der Waals surface area contributed by atoms with Crippen LogP contribution in [0.15, 0.2) is 48.5 Å². The summed E-state index contributed by atoms with van der Waals surface area (Å²) in [7, 11) is 0. The van der Waals surface area contributed by atoms with Gasteiger partial charge in [-0.2, -0.15) is 21.0 Å². The van der Waals surface area contributed by atoms with Gasteiger partial charge >= 0.3 is 0 Å². The molecule has 0 aromatic heterocycles. The van der Waals surface area contributed by atoms with E-state index in [-0.39, 0.29) is 22.3 Å². The van der Waals surface area contributed by atoms with E-state index in [0.717, 1.165) is 0 Å². The van der Waals surface area contributed by atoms with Gasteiger partial charge in [-0.1, -0.05) is 36.4 Å². The Kier molecular flexibility index (Phi) is 5.55. The van der Waals surface area contributed by atoms with Crippen molar-refractivity contribution in [1.29, 1.82) is 21.0 Å². The normalized spacial score (nSPS) is 7.80. The maximum atomic E-state index is 8.64. The second-order valence-corrected chi connectivity index (χ2v) is 3.55. The van der Waals surface area contributed by atoms with Gasteiger partial charge in [0.05, 0.1) is 22.3 Å². The molecule has 20 heavy (non-hydrogen) atoms. The molecule has 0 aliphatic carbocycles. The minimum atomic E-state index is 0.114. The van der Waals surface area contributed by atoms with Crippen LogP contribution in [-0.4, -0.2) is 0 Å². The molecule has 0 bridgehead atoms. The number of nitrogens with zero attached hydrogens (tertiary/aromatic N) is 4. The molecule has 0 aliphatic rings. The molecule has 0 heterocycles. The SMILES string of the molecule is N#Cc1cc(C#N)c(C#N)cc1C#N.c1ccccc1. The molecule has 2 rings (SSSR count). The van der Waals surface area contributed by atoms with Gasteiger partial charge in [0.1, 0.15) is 24.3 Å². The van der Waals surface area contributed by atoms with Gasteiger partial charge in [0.2, 0.25) is 0 Å². The summed E-state index contributed by atoms with van der Waals surface area (Å²) >= 11 is 0. The quantitative estimate of drug-likeness (QED) is 0.724. The van der Waals surface area contributed by atoms with Crippen LogP contribution in [0.25, 0.3) is 0 Å². The molecule has 0 atom stereocenters. The predicted molar refractivity (Wildman–Crippen MR) is 71.7 cm³/mol. The first-order valence-electron chi connectivity index (χ1n) is 5.55. The molecule has 0 spiro atoms. The van der Waals surface area contributed by atoms with Gasteiger partial charge in [-0.3, -0.25) is 0 Å². The molecule has 0 amide bonds. The van der Waals surface area contributed by atoms with Crippen molar-refractivity contribution < 1.29 is 0 Å². The van der Waals surface area contributed by atoms with Crippen molar-refractivity contribution in [2.24, 2.45) is 0 Å². The van der Waals surface area contributed by atoms with Crippen LogP contribution in [0.2, 0.25) is 0 Å². The van der Waals surface area contributed by atoms with Crippen LogP contribution in [0.1, 0.15) is 22.3 Å². The molecule has 0 saturated heterocycles. The average Bonchev–Trinajstić information content (AvgIpc) is 2.55. The highest BCUT2D eigenvalue weighted by molar-refractivity contribution is 5.57. The van der Waals surface area contributed by atoms with Crippen LogP contribution in [0, 0.1) is 45.3 Å². The lowest BCUT2D eigenvalue weighted by atomic mass is 10.0. The summed E-state index contributed by atoms with van der Waals surface area (Å²) in [5, 5.41) is 34.6. The van der Waals surface area contributed by atoms with E-state index in [9.17, 15) is 0 Å². The zero-order chi connectivity index (χ0) is 14.8. The fourth-order valence-electron chi connectivity index (χ4n) is 1.35. The molecule has 0 saturated carbocycles. The van der Waals surface area contributed by atoms with Crippen molar-refractivity contribution in [3.8, 4) is 24.3 Å². The minimum absolute atomic E-state index is 0.114. The van der Waals surface area contributed by atoms with Crippen molar-refractivity contribution in [3.63, 3.8) is 0 Å². The molecule has 0 radical (unpaired) electrons. The summed E-state index contributed by atoms with van der Waals surface area (Å²) in [5.74, 6) is 0. The van der Waals surface area contributed by atoms with E-state index in [1.807, 2.05) is 36.4 Å². The Hall–Kier alpha value is -3.60. The number of benzene rings is 2. The van der Waals surface area contributed by atoms with Gasteiger partial charge in [-0.05, 0) is 12.1 Å². The summed E-state index contributed by atoms with van der Waals surface area (Å²) in [6.45, 7) is 0. The van der Waals surface area contributed by atoms with Crippen LogP contribution in [0.4, 0.5) is 0 Å². The Morgan fingerprint density at radius 3 is 0.800 bits per heavy atom. The van der Waals surface area contributed by atoms with Gasteiger partial charge in [-0.25, -0.2) is 0 Å². The predicted octanol–water partition coefficient (Wildman–Crippen LogP) is 2.86. The molecule has 2 aromatic carbocycles. The Bertz CT molecular complexity index is 626. The minimum Gasteiger partial charge on any atom is -0.192 e. The van der Waals surface area contributed by atoms with Gasteiger partial charge in [0.15, 0.2) is 0 Å². The molecule has 0 fully saturated rings. The first kappa shape index (κ1) is 14.5. The average molecular weight is 256 g/mol. The fourth-order valence-corrected chi connectivity index (χ4v) is 1.35. The zero-order valence-electron chi connectivity index (χ0n) is 10.4. The lowest BCUT2D eigenvalue weighted by molar-refractivity contribution is 1.38. The third kappa shape index (κ3) is 3.71. The van der Waals surface area contributed by atoms with E-state index >= 15 is 0 Å². The Morgan fingerprint density at radius 2 is 0.650 bits per heavy atom. The van der Waals surface area contributed by atoms with Crippen LogP contribution < -0.4 is 0 Å². The van der Waals surface area contributed by atoms with Crippen LogP contribution in [-0.2, 0) is 0 Å². The van der Waals surface area contributed by atoms with Gasteiger partial charge in [0.25, 0.3) is 0 Å². The lowest BCUT2D eigenvalue weighted by Gasteiger charge is -1.96. The molecule has 2 aromatic rings. The standard InChI is InChI=1S/C10H2N4.C6H6/c11-3-7-1-8(4-12)10(6-14)2-9(7)5-13;1-2-4-6-5-3-1/h1-2H;1-6H. The number of rotatable bonds is 0. The number of hydrogen-bond acceptors (Lipinski definition) is 4. The van der Waals surface area contributed by atoms with E-state index in [4.69, 9.17) is 21.0 Å². The highest BCUT2D eigenvalue weighted by Gasteiger charge is 2.08. The lowest BCUT2D eigenvalue weighted by Crippen LogP contribution is -1.90. The van der Waals surface area contributed by atoms with Gasteiger partial charge < -0.3 is 0 Å².